The first kappa shape index (κ1) is 25.9. The minimum absolute atomic E-state index is 0.0843. The van der Waals surface area contributed by atoms with Gasteiger partial charge in [-0.1, -0.05) is 64.7 Å². The van der Waals surface area contributed by atoms with Gasteiger partial charge in [-0.25, -0.2) is 0 Å². The minimum atomic E-state index is -0.188. The summed E-state index contributed by atoms with van der Waals surface area (Å²) in [4.78, 5) is 22.3. The topological polar surface area (TPSA) is 64.6 Å². The molecule has 0 bridgehead atoms. The molecule has 0 aromatic rings. The fraction of sp³-hybridized carbons (Fsp3) is 0.909. The second-order valence-electron chi connectivity index (χ2n) is 7.49. The third kappa shape index (κ3) is 21.1. The molecule has 0 aliphatic carbocycles. The van der Waals surface area contributed by atoms with E-state index in [0.29, 0.717) is 32.2 Å². The average Bonchev–Trinajstić information content (AvgIpc) is 2.63. The second-order valence-corrected chi connectivity index (χ2v) is 7.49. The number of hydrogen-bond donors (Lipinski definition) is 1. The molecular weight excluding hydrogens is 342 g/mol. The number of hydrogen-bond acceptors (Lipinski definition) is 5. The van der Waals surface area contributed by atoms with Crippen LogP contribution in [0.2, 0.25) is 0 Å². The van der Waals surface area contributed by atoms with E-state index in [4.69, 9.17) is 9.47 Å². The van der Waals surface area contributed by atoms with Crippen molar-refractivity contribution in [1.29, 1.82) is 0 Å². The van der Waals surface area contributed by atoms with Gasteiger partial charge in [0.2, 0.25) is 0 Å². The largest absolute Gasteiger partial charge is 0.466 e. The van der Waals surface area contributed by atoms with Gasteiger partial charge in [-0.15, -0.1) is 0 Å². The molecule has 160 valence electrons. The Morgan fingerprint density at radius 1 is 0.815 bits per heavy atom. The van der Waals surface area contributed by atoms with Gasteiger partial charge in [-0.2, -0.15) is 0 Å². The Kier molecular flexibility index (Phi) is 18.9. The highest BCUT2D eigenvalue weighted by atomic mass is 16.5. The first-order valence-electron chi connectivity index (χ1n) is 11.1. The Hall–Kier alpha value is -1.10. The van der Waals surface area contributed by atoms with E-state index < -0.39 is 0 Å². The lowest BCUT2D eigenvalue weighted by Gasteiger charge is -2.13. The van der Waals surface area contributed by atoms with Gasteiger partial charge in [-0.3, -0.25) is 9.59 Å². The van der Waals surface area contributed by atoms with E-state index in [0.717, 1.165) is 32.1 Å². The summed E-state index contributed by atoms with van der Waals surface area (Å²) in [5.41, 5.74) is 0. The quantitative estimate of drug-likeness (QED) is 0.246. The van der Waals surface area contributed by atoms with E-state index in [1.165, 1.54) is 51.9 Å². The lowest BCUT2D eigenvalue weighted by atomic mass is 10.1. The van der Waals surface area contributed by atoms with Crippen LogP contribution in [0.5, 0.6) is 0 Å². The molecule has 0 saturated heterocycles. The zero-order valence-corrected chi connectivity index (χ0v) is 18.0. The molecule has 0 fully saturated rings. The number of esters is 2. The summed E-state index contributed by atoms with van der Waals surface area (Å²) in [6.45, 7) is 7.65. The molecule has 27 heavy (non-hydrogen) atoms. The van der Waals surface area contributed by atoms with Gasteiger partial charge in [-0.05, 0) is 26.2 Å². The second kappa shape index (κ2) is 19.7. The van der Waals surface area contributed by atoms with Crippen molar-refractivity contribution in [3.63, 3.8) is 0 Å². The van der Waals surface area contributed by atoms with Gasteiger partial charge in [0.1, 0.15) is 0 Å². The lowest BCUT2D eigenvalue weighted by Crippen LogP contribution is -2.28. The van der Waals surface area contributed by atoms with Crippen LogP contribution in [-0.4, -0.2) is 37.7 Å². The van der Waals surface area contributed by atoms with Gasteiger partial charge < -0.3 is 14.8 Å². The first-order chi connectivity index (χ1) is 13.1. The van der Waals surface area contributed by atoms with E-state index in [9.17, 15) is 9.59 Å². The van der Waals surface area contributed by atoms with Gasteiger partial charge in [0.05, 0.1) is 19.6 Å². The predicted octanol–water partition coefficient (Wildman–Crippen LogP) is 5.16. The molecule has 0 aromatic carbocycles. The zero-order chi connectivity index (χ0) is 20.2. The van der Waals surface area contributed by atoms with E-state index >= 15 is 0 Å². The van der Waals surface area contributed by atoms with Crippen LogP contribution >= 0.6 is 0 Å². The summed E-state index contributed by atoms with van der Waals surface area (Å²) in [5.74, 6) is -0.272. The van der Waals surface area contributed by atoms with Crippen molar-refractivity contribution in [2.45, 2.75) is 110 Å². The molecule has 0 amide bonds. The lowest BCUT2D eigenvalue weighted by molar-refractivity contribution is -0.144. The minimum Gasteiger partial charge on any atom is -0.466 e. The molecule has 1 unspecified atom stereocenters. The molecular formula is C22H43NO4. The molecule has 0 spiro atoms. The highest BCUT2D eigenvalue weighted by molar-refractivity contribution is 5.69. The number of ether oxygens (including phenoxy) is 2. The van der Waals surface area contributed by atoms with Crippen LogP contribution in [0.25, 0.3) is 0 Å². The van der Waals surface area contributed by atoms with Crippen LogP contribution in [0, 0.1) is 0 Å². The standard InChI is InChI=1S/C22H43NO4/c1-4-5-6-10-14-19-27-22(25)16-17-23-20(2)15-12-9-7-8-11-13-18-26-21(3)24/h20,23H,4-19H2,1-3H3. The highest BCUT2D eigenvalue weighted by Gasteiger charge is 2.05. The summed E-state index contributed by atoms with van der Waals surface area (Å²) in [6, 6.07) is 0.441. The van der Waals surface area contributed by atoms with Crippen LogP contribution in [0.3, 0.4) is 0 Å². The monoisotopic (exact) mass is 385 g/mol. The molecule has 1 N–H and O–H groups in total. The number of carbonyl (C=O) groups is 2. The summed E-state index contributed by atoms with van der Waals surface area (Å²) in [5, 5.41) is 3.41. The van der Waals surface area contributed by atoms with Crippen LogP contribution in [-0.2, 0) is 19.1 Å². The Morgan fingerprint density at radius 2 is 1.37 bits per heavy atom. The summed E-state index contributed by atoms with van der Waals surface area (Å²) >= 11 is 0. The van der Waals surface area contributed by atoms with Gasteiger partial charge in [0, 0.05) is 19.5 Å². The van der Waals surface area contributed by atoms with Crippen molar-refractivity contribution in [3.8, 4) is 0 Å². The fourth-order valence-electron chi connectivity index (χ4n) is 2.96. The normalized spacial score (nSPS) is 12.0. The molecule has 0 aromatic heterocycles. The number of unbranched alkanes of at least 4 members (excludes halogenated alkanes) is 9. The Morgan fingerprint density at radius 3 is 2.00 bits per heavy atom. The Bertz CT molecular complexity index is 360. The van der Waals surface area contributed by atoms with Crippen molar-refractivity contribution >= 4 is 11.9 Å². The van der Waals surface area contributed by atoms with E-state index in [2.05, 4.69) is 19.2 Å². The summed E-state index contributed by atoms with van der Waals surface area (Å²) in [7, 11) is 0. The third-order valence-corrected chi connectivity index (χ3v) is 4.67. The maximum atomic E-state index is 11.7. The number of carbonyl (C=O) groups excluding carboxylic acids is 2. The number of nitrogens with one attached hydrogen (secondary N) is 1. The van der Waals surface area contributed by atoms with Gasteiger partial charge >= 0.3 is 11.9 Å². The SMILES string of the molecule is CCCCCCCOC(=O)CCNC(C)CCCCCCCCOC(C)=O. The molecule has 0 aliphatic rings. The van der Waals surface area contributed by atoms with Crippen molar-refractivity contribution < 1.29 is 19.1 Å². The molecule has 0 aliphatic heterocycles. The fourth-order valence-corrected chi connectivity index (χ4v) is 2.96. The predicted molar refractivity (Wildman–Crippen MR) is 111 cm³/mol. The number of rotatable bonds is 19. The molecule has 5 heteroatoms. The van der Waals surface area contributed by atoms with E-state index in [1.807, 2.05) is 0 Å². The van der Waals surface area contributed by atoms with Crippen LogP contribution in [0.1, 0.15) is 104 Å². The van der Waals surface area contributed by atoms with Crippen LogP contribution in [0.15, 0.2) is 0 Å². The van der Waals surface area contributed by atoms with Gasteiger partial charge in [0.15, 0.2) is 0 Å². The maximum absolute atomic E-state index is 11.7. The zero-order valence-electron chi connectivity index (χ0n) is 18.0. The summed E-state index contributed by atoms with van der Waals surface area (Å²) in [6.07, 6.45) is 14.5. The van der Waals surface area contributed by atoms with Crippen molar-refractivity contribution in [1.82, 2.24) is 5.32 Å². The van der Waals surface area contributed by atoms with E-state index in [1.54, 1.807) is 0 Å². The summed E-state index contributed by atoms with van der Waals surface area (Å²) < 4.78 is 10.2. The molecule has 0 rings (SSSR count). The molecule has 0 saturated carbocycles. The third-order valence-electron chi connectivity index (χ3n) is 4.67. The first-order valence-corrected chi connectivity index (χ1v) is 11.1. The molecule has 0 radical (unpaired) electrons. The maximum Gasteiger partial charge on any atom is 0.307 e. The highest BCUT2D eigenvalue weighted by Crippen LogP contribution is 2.09. The molecule has 0 heterocycles. The van der Waals surface area contributed by atoms with Crippen molar-refractivity contribution in [3.05, 3.63) is 0 Å². The van der Waals surface area contributed by atoms with Crippen molar-refractivity contribution in [2.75, 3.05) is 19.8 Å². The molecule has 5 nitrogen and oxygen atoms in total. The Labute approximate surface area is 167 Å². The van der Waals surface area contributed by atoms with Crippen LogP contribution < -0.4 is 5.32 Å². The Balaban J connectivity index is 3.32. The average molecular weight is 386 g/mol. The molecule has 1 atom stereocenters. The van der Waals surface area contributed by atoms with Crippen molar-refractivity contribution in [2.24, 2.45) is 0 Å². The smallest absolute Gasteiger partial charge is 0.307 e. The van der Waals surface area contributed by atoms with Crippen LogP contribution in [0.4, 0.5) is 0 Å². The van der Waals surface area contributed by atoms with E-state index in [-0.39, 0.29) is 11.9 Å². The van der Waals surface area contributed by atoms with Gasteiger partial charge in [0.25, 0.3) is 0 Å².